The maximum Gasteiger partial charge on any atom is 0.339 e. The van der Waals surface area contributed by atoms with E-state index in [1.54, 1.807) is 42.5 Å². The van der Waals surface area contributed by atoms with Gasteiger partial charge in [-0.3, -0.25) is 9.59 Å². The molecule has 0 saturated heterocycles. The number of thioether (sulfide) groups is 1. The van der Waals surface area contributed by atoms with E-state index >= 15 is 0 Å². The Kier molecular flexibility index (Phi) is 7.88. The Morgan fingerprint density at radius 2 is 1.71 bits per heavy atom. The molecule has 0 unspecified atom stereocenters. The van der Waals surface area contributed by atoms with E-state index < -0.39 is 18.5 Å². The zero-order valence-corrected chi connectivity index (χ0v) is 16.6. The van der Waals surface area contributed by atoms with Crippen LogP contribution in [0.25, 0.3) is 0 Å². The number of hydrogen-bond donors (Lipinski definition) is 1. The number of carbonyl (C=O) groups is 3. The molecule has 28 heavy (non-hydrogen) atoms. The summed E-state index contributed by atoms with van der Waals surface area (Å²) in [4.78, 5) is 36.2. The van der Waals surface area contributed by atoms with Gasteiger partial charge in [0.15, 0.2) is 18.1 Å². The molecular formula is C20H21NO6S. The van der Waals surface area contributed by atoms with Crippen molar-refractivity contribution in [3.63, 3.8) is 0 Å². The Hall–Kier alpha value is -3.00. The average molecular weight is 403 g/mol. The minimum atomic E-state index is -0.630. The van der Waals surface area contributed by atoms with Crippen LogP contribution in [-0.2, 0) is 14.3 Å². The lowest BCUT2D eigenvalue weighted by molar-refractivity contribution is -0.119. The summed E-state index contributed by atoms with van der Waals surface area (Å²) >= 11 is 1.25. The Morgan fingerprint density at radius 1 is 1.00 bits per heavy atom. The van der Waals surface area contributed by atoms with E-state index in [-0.39, 0.29) is 11.5 Å². The van der Waals surface area contributed by atoms with E-state index in [1.165, 1.54) is 32.9 Å². The van der Waals surface area contributed by atoms with Gasteiger partial charge in [0.1, 0.15) is 5.78 Å². The molecule has 0 fully saturated rings. The summed E-state index contributed by atoms with van der Waals surface area (Å²) in [6, 6.07) is 11.7. The first-order chi connectivity index (χ1) is 13.4. The molecule has 0 aromatic heterocycles. The molecule has 0 atom stereocenters. The summed E-state index contributed by atoms with van der Waals surface area (Å²) in [5.41, 5.74) is 0.795. The van der Waals surface area contributed by atoms with Crippen LogP contribution in [0.3, 0.4) is 0 Å². The van der Waals surface area contributed by atoms with Crippen LogP contribution in [0.4, 0.5) is 5.69 Å². The topological polar surface area (TPSA) is 90.9 Å². The molecule has 2 aromatic rings. The fraction of sp³-hybridized carbons (Fsp3) is 0.250. The van der Waals surface area contributed by atoms with Gasteiger partial charge in [-0.25, -0.2) is 4.79 Å². The number of methoxy groups -OCH3 is 2. The van der Waals surface area contributed by atoms with Crippen molar-refractivity contribution in [2.45, 2.75) is 11.8 Å². The highest BCUT2D eigenvalue weighted by Gasteiger charge is 2.15. The molecule has 0 aliphatic heterocycles. The highest BCUT2D eigenvalue weighted by Crippen LogP contribution is 2.29. The molecule has 1 amide bonds. The third kappa shape index (κ3) is 6.02. The number of hydrogen-bond acceptors (Lipinski definition) is 7. The lowest BCUT2D eigenvalue weighted by atomic mass is 10.2. The Bertz CT molecular complexity index is 868. The normalized spacial score (nSPS) is 10.1. The number of carbonyl (C=O) groups excluding carboxylic acids is 3. The summed E-state index contributed by atoms with van der Waals surface area (Å²) in [7, 11) is 3.01. The van der Waals surface area contributed by atoms with Crippen LogP contribution in [0.15, 0.2) is 47.4 Å². The quantitative estimate of drug-likeness (QED) is 0.508. The van der Waals surface area contributed by atoms with Crippen molar-refractivity contribution in [1.29, 1.82) is 0 Å². The minimum Gasteiger partial charge on any atom is -0.493 e. The summed E-state index contributed by atoms with van der Waals surface area (Å²) < 4.78 is 15.4. The zero-order valence-electron chi connectivity index (χ0n) is 15.8. The predicted molar refractivity (Wildman–Crippen MR) is 106 cm³/mol. The zero-order chi connectivity index (χ0) is 20.5. The van der Waals surface area contributed by atoms with Gasteiger partial charge in [-0.2, -0.15) is 0 Å². The van der Waals surface area contributed by atoms with E-state index in [0.717, 1.165) is 0 Å². The van der Waals surface area contributed by atoms with Crippen molar-refractivity contribution in [1.82, 2.24) is 0 Å². The Morgan fingerprint density at radius 3 is 2.39 bits per heavy atom. The Balaban J connectivity index is 1.96. The summed E-state index contributed by atoms with van der Waals surface area (Å²) in [6.45, 7) is 1.03. The van der Waals surface area contributed by atoms with Crippen LogP contribution < -0.4 is 14.8 Å². The van der Waals surface area contributed by atoms with Crippen molar-refractivity contribution in [2.24, 2.45) is 0 Å². The monoisotopic (exact) mass is 403 g/mol. The van der Waals surface area contributed by atoms with Crippen molar-refractivity contribution in [3.8, 4) is 11.5 Å². The molecule has 0 aliphatic rings. The highest BCUT2D eigenvalue weighted by atomic mass is 32.2. The van der Waals surface area contributed by atoms with Crippen LogP contribution in [0.5, 0.6) is 11.5 Å². The molecule has 2 rings (SSSR count). The number of ether oxygens (including phenoxy) is 3. The van der Waals surface area contributed by atoms with Gasteiger partial charge < -0.3 is 19.5 Å². The van der Waals surface area contributed by atoms with E-state index in [2.05, 4.69) is 5.32 Å². The van der Waals surface area contributed by atoms with E-state index in [1.807, 2.05) is 0 Å². The van der Waals surface area contributed by atoms with Crippen molar-refractivity contribution >= 4 is 35.1 Å². The smallest absolute Gasteiger partial charge is 0.339 e. The number of Topliss-reactive ketones (excluding diaryl/α,β-unsaturated/α-hetero) is 1. The Labute approximate surface area is 167 Å². The molecule has 0 spiro atoms. The molecule has 1 N–H and O–H groups in total. The summed E-state index contributed by atoms with van der Waals surface area (Å²) in [6.07, 6.45) is 0. The first-order valence-corrected chi connectivity index (χ1v) is 9.33. The number of esters is 1. The van der Waals surface area contributed by atoms with Crippen LogP contribution in [0, 0.1) is 0 Å². The van der Waals surface area contributed by atoms with Gasteiger partial charge in [-0.1, -0.05) is 12.1 Å². The molecule has 7 nitrogen and oxygen atoms in total. The molecule has 148 valence electrons. The molecule has 8 heteroatoms. The van der Waals surface area contributed by atoms with Crippen molar-refractivity contribution in [3.05, 3.63) is 48.0 Å². The van der Waals surface area contributed by atoms with Gasteiger partial charge in [-0.05, 0) is 31.2 Å². The standard InChI is InChI=1S/C20H21NO6S/c1-13(22)12-28-18-7-5-4-6-15(18)20(24)27-11-19(23)21-14-8-9-16(25-2)17(10-14)26-3/h4-10H,11-12H2,1-3H3,(H,21,23). The molecule has 0 heterocycles. The first kappa shape index (κ1) is 21.3. The number of rotatable bonds is 9. The van der Waals surface area contributed by atoms with Gasteiger partial charge in [0.05, 0.1) is 25.5 Å². The van der Waals surface area contributed by atoms with E-state index in [9.17, 15) is 14.4 Å². The molecule has 2 aromatic carbocycles. The number of ketones is 1. The van der Waals surface area contributed by atoms with Crippen LogP contribution in [0.1, 0.15) is 17.3 Å². The number of anilines is 1. The molecule has 0 radical (unpaired) electrons. The maximum atomic E-state index is 12.3. The van der Waals surface area contributed by atoms with Crippen molar-refractivity contribution < 1.29 is 28.6 Å². The summed E-state index contributed by atoms with van der Waals surface area (Å²) in [5, 5.41) is 2.63. The third-order valence-corrected chi connectivity index (χ3v) is 4.76. The number of amides is 1. The lowest BCUT2D eigenvalue weighted by Crippen LogP contribution is -2.21. The van der Waals surface area contributed by atoms with Gasteiger partial charge in [0, 0.05) is 16.6 Å². The molecule has 0 saturated carbocycles. The number of benzene rings is 2. The third-order valence-electron chi connectivity index (χ3n) is 3.54. The largest absolute Gasteiger partial charge is 0.493 e. The molecule has 0 aliphatic carbocycles. The van der Waals surface area contributed by atoms with E-state index in [0.29, 0.717) is 27.6 Å². The second kappa shape index (κ2) is 10.4. The first-order valence-electron chi connectivity index (χ1n) is 8.35. The lowest BCUT2D eigenvalue weighted by Gasteiger charge is -2.11. The van der Waals surface area contributed by atoms with Crippen LogP contribution >= 0.6 is 11.8 Å². The second-order valence-corrected chi connectivity index (χ2v) is 6.70. The molecule has 0 bridgehead atoms. The summed E-state index contributed by atoms with van der Waals surface area (Å²) in [5.74, 6) is 0.135. The van der Waals surface area contributed by atoms with Gasteiger partial charge in [0.25, 0.3) is 5.91 Å². The SMILES string of the molecule is COc1ccc(NC(=O)COC(=O)c2ccccc2SCC(C)=O)cc1OC. The number of nitrogens with one attached hydrogen (secondary N) is 1. The fourth-order valence-corrected chi connectivity index (χ4v) is 3.10. The van der Waals surface area contributed by atoms with E-state index in [4.69, 9.17) is 14.2 Å². The van der Waals surface area contributed by atoms with Crippen LogP contribution in [0.2, 0.25) is 0 Å². The maximum absolute atomic E-state index is 12.3. The average Bonchev–Trinajstić information content (AvgIpc) is 2.70. The van der Waals surface area contributed by atoms with Gasteiger partial charge >= 0.3 is 5.97 Å². The van der Waals surface area contributed by atoms with Gasteiger partial charge in [0.2, 0.25) is 0 Å². The second-order valence-electron chi connectivity index (χ2n) is 5.68. The predicted octanol–water partition coefficient (Wildman–Crippen LogP) is 3.18. The molecular weight excluding hydrogens is 382 g/mol. The minimum absolute atomic E-state index is 0.00229. The highest BCUT2D eigenvalue weighted by molar-refractivity contribution is 8.00. The fourth-order valence-electron chi connectivity index (χ4n) is 2.26. The van der Waals surface area contributed by atoms with Gasteiger partial charge in [-0.15, -0.1) is 11.8 Å². The van der Waals surface area contributed by atoms with Crippen molar-refractivity contribution in [2.75, 3.05) is 31.9 Å². The van der Waals surface area contributed by atoms with Crippen LogP contribution in [-0.4, -0.2) is 44.2 Å².